The molecule has 17 heavy (non-hydrogen) atoms. The van der Waals surface area contributed by atoms with Gasteiger partial charge in [0.2, 0.25) is 11.0 Å². The van der Waals surface area contributed by atoms with Crippen LogP contribution in [0.1, 0.15) is 12.0 Å². The van der Waals surface area contributed by atoms with E-state index in [0.29, 0.717) is 19.5 Å². The Kier molecular flexibility index (Phi) is 4.44. The van der Waals surface area contributed by atoms with Crippen molar-refractivity contribution in [2.75, 3.05) is 6.54 Å². The Balaban J connectivity index is 1.99. The Morgan fingerprint density at radius 2 is 2.12 bits per heavy atom. The molecule has 1 aromatic rings. The minimum atomic E-state index is -0.131. The fourth-order valence-electron chi connectivity index (χ4n) is 1.95. The maximum Gasteiger partial charge on any atom is 0.223 e. The van der Waals surface area contributed by atoms with E-state index < -0.39 is 0 Å². The summed E-state index contributed by atoms with van der Waals surface area (Å²) in [6.07, 6.45) is 0.363. The van der Waals surface area contributed by atoms with Crippen LogP contribution in [0, 0.1) is 5.92 Å². The van der Waals surface area contributed by atoms with Gasteiger partial charge in [0, 0.05) is 40.7 Å². The highest BCUT2D eigenvalue weighted by atomic mass is 127. The minimum absolute atomic E-state index is 0.0812. The van der Waals surface area contributed by atoms with Crippen molar-refractivity contribution < 1.29 is 9.59 Å². The molecule has 1 aliphatic rings. The Bertz CT molecular complexity index is 424. The molecule has 0 aromatic heterocycles. The van der Waals surface area contributed by atoms with Crippen molar-refractivity contribution in [3.8, 4) is 0 Å². The Morgan fingerprint density at radius 3 is 2.76 bits per heavy atom. The van der Waals surface area contributed by atoms with Gasteiger partial charge in [-0.25, -0.2) is 0 Å². The van der Waals surface area contributed by atoms with Crippen LogP contribution in [0.15, 0.2) is 30.3 Å². The number of halogens is 1. The lowest BCUT2D eigenvalue weighted by molar-refractivity contribution is -0.128. The van der Waals surface area contributed by atoms with Gasteiger partial charge in [-0.15, -0.1) is 0 Å². The normalized spacial score (nSPS) is 19.7. The first-order valence-electron chi connectivity index (χ1n) is 5.35. The van der Waals surface area contributed by atoms with Crippen molar-refractivity contribution in [3.05, 3.63) is 35.9 Å². The number of nitrogens with zero attached hydrogens (tertiary/aromatic N) is 1. The highest BCUT2D eigenvalue weighted by Crippen LogP contribution is 2.27. The summed E-state index contributed by atoms with van der Waals surface area (Å²) < 4.78 is 0. The molecule has 2 rings (SSSR count). The monoisotopic (exact) mass is 361 g/mol. The molecular formula is C12H12INO2S. The number of rotatable bonds is 3. The number of carbonyl (C=O) groups is 2. The molecule has 1 amide bonds. The van der Waals surface area contributed by atoms with Crippen molar-refractivity contribution in [2.45, 2.75) is 13.0 Å². The van der Waals surface area contributed by atoms with Gasteiger partial charge < -0.3 is 4.90 Å². The van der Waals surface area contributed by atoms with Crippen LogP contribution in [0.5, 0.6) is 0 Å². The van der Waals surface area contributed by atoms with Gasteiger partial charge in [0.25, 0.3) is 0 Å². The number of amides is 1. The minimum Gasteiger partial charge on any atom is -0.338 e. The first-order valence-corrected chi connectivity index (χ1v) is 8.70. The van der Waals surface area contributed by atoms with Gasteiger partial charge in [-0.05, 0) is 14.5 Å². The third kappa shape index (κ3) is 3.22. The summed E-state index contributed by atoms with van der Waals surface area (Å²) in [7, 11) is 1.18. The zero-order chi connectivity index (χ0) is 12.3. The molecule has 1 unspecified atom stereocenters. The molecular weight excluding hydrogens is 349 g/mol. The van der Waals surface area contributed by atoms with E-state index in [-0.39, 0.29) is 16.9 Å². The van der Waals surface area contributed by atoms with Gasteiger partial charge in [-0.2, -0.15) is 0 Å². The average molecular weight is 361 g/mol. The number of likely N-dealkylation sites (tertiary alicyclic amines) is 1. The second kappa shape index (κ2) is 5.86. The number of carbonyl (C=O) groups excluding carboxylic acids is 2. The van der Waals surface area contributed by atoms with Crippen molar-refractivity contribution in [3.63, 3.8) is 0 Å². The topological polar surface area (TPSA) is 37.4 Å². The van der Waals surface area contributed by atoms with Gasteiger partial charge in [-0.3, -0.25) is 9.59 Å². The SMILES string of the molecule is O=C(SI)C1CC(=O)N(Cc2ccccc2)C1. The smallest absolute Gasteiger partial charge is 0.223 e. The maximum absolute atomic E-state index is 11.8. The summed E-state index contributed by atoms with van der Waals surface area (Å²) in [6.45, 7) is 1.16. The summed E-state index contributed by atoms with van der Waals surface area (Å²) in [6, 6.07) is 9.86. The van der Waals surface area contributed by atoms with E-state index in [4.69, 9.17) is 0 Å². The van der Waals surface area contributed by atoms with Crippen LogP contribution in [0.25, 0.3) is 0 Å². The molecule has 1 fully saturated rings. The van der Waals surface area contributed by atoms with E-state index in [9.17, 15) is 9.59 Å². The third-order valence-corrected chi connectivity index (χ3v) is 4.63. The van der Waals surface area contributed by atoms with E-state index in [0.717, 1.165) is 5.56 Å². The van der Waals surface area contributed by atoms with Crippen LogP contribution >= 0.6 is 30.1 Å². The van der Waals surface area contributed by atoms with E-state index in [2.05, 4.69) is 0 Å². The molecule has 90 valence electrons. The van der Waals surface area contributed by atoms with E-state index in [1.807, 2.05) is 51.5 Å². The first-order chi connectivity index (χ1) is 8.20. The number of benzene rings is 1. The maximum atomic E-state index is 11.8. The standard InChI is InChI=1S/C12H12INO2S/c13-17-12(16)10-6-11(15)14(8-10)7-9-4-2-1-3-5-9/h1-5,10H,6-8H2. The number of hydrogen-bond donors (Lipinski definition) is 0. The molecule has 5 heteroatoms. The summed E-state index contributed by atoms with van der Waals surface area (Å²) in [5.41, 5.74) is 1.11. The Hall–Kier alpha value is -0.560. The van der Waals surface area contributed by atoms with Crippen molar-refractivity contribution >= 4 is 41.2 Å². The fraction of sp³-hybridized carbons (Fsp3) is 0.333. The first kappa shape index (κ1) is 12.9. The van der Waals surface area contributed by atoms with Crippen LogP contribution in [0.2, 0.25) is 0 Å². The molecule has 0 aliphatic carbocycles. The van der Waals surface area contributed by atoms with Gasteiger partial charge in [0.1, 0.15) is 0 Å². The van der Waals surface area contributed by atoms with Crippen LogP contribution in [-0.4, -0.2) is 22.5 Å². The third-order valence-electron chi connectivity index (χ3n) is 2.84. The molecule has 0 radical (unpaired) electrons. The fourth-order valence-corrected chi connectivity index (χ4v) is 3.31. The van der Waals surface area contributed by atoms with Gasteiger partial charge in [-0.1, -0.05) is 30.3 Å². The predicted octanol–water partition coefficient (Wildman–Crippen LogP) is 2.64. The highest BCUT2D eigenvalue weighted by molar-refractivity contribution is 14.2. The zero-order valence-electron chi connectivity index (χ0n) is 9.14. The van der Waals surface area contributed by atoms with Gasteiger partial charge >= 0.3 is 0 Å². The Labute approximate surface area is 117 Å². The van der Waals surface area contributed by atoms with E-state index in [1.54, 1.807) is 4.90 Å². The predicted molar refractivity (Wildman–Crippen MR) is 76.6 cm³/mol. The van der Waals surface area contributed by atoms with Crippen molar-refractivity contribution in [1.29, 1.82) is 0 Å². The zero-order valence-corrected chi connectivity index (χ0v) is 12.1. The van der Waals surface area contributed by atoms with Crippen LogP contribution in [-0.2, 0) is 16.1 Å². The molecule has 1 aliphatic heterocycles. The molecule has 3 nitrogen and oxygen atoms in total. The molecule has 0 bridgehead atoms. The van der Waals surface area contributed by atoms with Crippen LogP contribution in [0.3, 0.4) is 0 Å². The van der Waals surface area contributed by atoms with Crippen molar-refractivity contribution in [2.24, 2.45) is 5.92 Å². The lowest BCUT2D eigenvalue weighted by Crippen LogP contribution is -2.25. The summed E-state index contributed by atoms with van der Waals surface area (Å²) >= 11 is 1.98. The van der Waals surface area contributed by atoms with Crippen LogP contribution < -0.4 is 0 Å². The lowest BCUT2D eigenvalue weighted by atomic mass is 10.1. The average Bonchev–Trinajstić information content (AvgIpc) is 2.71. The lowest BCUT2D eigenvalue weighted by Gasteiger charge is -2.16. The molecule has 0 N–H and O–H groups in total. The quantitative estimate of drug-likeness (QED) is 0.777. The summed E-state index contributed by atoms with van der Waals surface area (Å²) in [5, 5.41) is 0.106. The second-order valence-electron chi connectivity index (χ2n) is 4.06. The molecule has 1 heterocycles. The molecule has 0 spiro atoms. The van der Waals surface area contributed by atoms with E-state index >= 15 is 0 Å². The molecule has 1 saturated heterocycles. The molecule has 1 atom stereocenters. The van der Waals surface area contributed by atoms with Gasteiger partial charge in [0.15, 0.2) is 0 Å². The van der Waals surface area contributed by atoms with Crippen LogP contribution in [0.4, 0.5) is 0 Å². The second-order valence-corrected chi connectivity index (χ2v) is 5.93. The van der Waals surface area contributed by atoms with Crippen molar-refractivity contribution in [1.82, 2.24) is 4.90 Å². The molecule has 0 saturated carbocycles. The van der Waals surface area contributed by atoms with Gasteiger partial charge in [0.05, 0.1) is 5.92 Å². The van der Waals surface area contributed by atoms with E-state index in [1.165, 1.54) is 8.93 Å². The summed E-state index contributed by atoms with van der Waals surface area (Å²) in [4.78, 5) is 25.1. The highest BCUT2D eigenvalue weighted by Gasteiger charge is 2.33. The summed E-state index contributed by atoms with van der Waals surface area (Å²) in [5.74, 6) is -0.0502. The number of hydrogen-bond acceptors (Lipinski definition) is 3. The molecule has 1 aromatic carbocycles. The largest absolute Gasteiger partial charge is 0.338 e. The Morgan fingerprint density at radius 1 is 1.41 bits per heavy atom.